The first kappa shape index (κ1) is 20.4. The summed E-state index contributed by atoms with van der Waals surface area (Å²) in [5, 5.41) is 7.13. The van der Waals surface area contributed by atoms with Crippen LogP contribution >= 0.6 is 12.2 Å². The molecule has 2 aliphatic rings. The van der Waals surface area contributed by atoms with Crippen LogP contribution in [0, 0.1) is 0 Å². The molecule has 1 aromatic carbocycles. The van der Waals surface area contributed by atoms with Gasteiger partial charge >= 0.3 is 5.97 Å². The molecule has 0 unspecified atom stereocenters. The van der Waals surface area contributed by atoms with E-state index in [2.05, 4.69) is 5.32 Å². The van der Waals surface area contributed by atoms with Crippen LogP contribution in [-0.2, 0) is 19.7 Å². The molecule has 1 saturated heterocycles. The van der Waals surface area contributed by atoms with Crippen LogP contribution in [0.25, 0.3) is 0 Å². The zero-order chi connectivity index (χ0) is 20.1. The van der Waals surface area contributed by atoms with Crippen molar-refractivity contribution >= 4 is 29.2 Å². The number of carbonyl (C=O) groups is 2. The maximum atomic E-state index is 13.4. The maximum absolute atomic E-state index is 13.4. The Kier molecular flexibility index (Phi) is 6.39. The number of methoxy groups -OCH3 is 1. The van der Waals surface area contributed by atoms with E-state index in [1.165, 1.54) is 0 Å². The van der Waals surface area contributed by atoms with Gasteiger partial charge in [-0.1, -0.05) is 12.1 Å². The highest BCUT2D eigenvalue weighted by atomic mass is 32.1. The molecule has 0 aromatic heterocycles. The molecule has 0 bridgehead atoms. The van der Waals surface area contributed by atoms with Gasteiger partial charge in [-0.15, -0.1) is 0 Å². The lowest BCUT2D eigenvalue weighted by Crippen LogP contribution is -2.52. The SMILES string of the molecule is CCOC(=O)CCNC(=S)N1CCCN1C(=O)C1(c2ccc(OC)cc2)CC1. The van der Waals surface area contributed by atoms with Crippen LogP contribution in [0.2, 0.25) is 0 Å². The Hall–Kier alpha value is -2.35. The van der Waals surface area contributed by atoms with E-state index < -0.39 is 5.41 Å². The number of nitrogens with zero attached hydrogens (tertiary/aromatic N) is 2. The summed E-state index contributed by atoms with van der Waals surface area (Å²) in [6, 6.07) is 7.73. The molecule has 0 spiro atoms. The molecule has 7 nitrogen and oxygen atoms in total. The van der Waals surface area contributed by atoms with E-state index in [9.17, 15) is 9.59 Å². The summed E-state index contributed by atoms with van der Waals surface area (Å²) >= 11 is 5.47. The number of hydrogen-bond donors (Lipinski definition) is 1. The molecule has 0 atom stereocenters. The number of nitrogens with one attached hydrogen (secondary N) is 1. The van der Waals surface area contributed by atoms with Crippen molar-refractivity contribution < 1.29 is 19.1 Å². The Labute approximate surface area is 170 Å². The van der Waals surface area contributed by atoms with E-state index in [0.29, 0.717) is 31.4 Å². The third-order valence-electron chi connectivity index (χ3n) is 5.21. The van der Waals surface area contributed by atoms with Gasteiger partial charge in [0.15, 0.2) is 5.11 Å². The fourth-order valence-electron chi connectivity index (χ4n) is 3.54. The van der Waals surface area contributed by atoms with Gasteiger partial charge in [0.05, 0.1) is 25.6 Å². The number of carbonyl (C=O) groups excluding carboxylic acids is 2. The van der Waals surface area contributed by atoms with E-state index in [4.69, 9.17) is 21.7 Å². The van der Waals surface area contributed by atoms with Gasteiger partial charge in [0.2, 0.25) is 0 Å². The van der Waals surface area contributed by atoms with E-state index in [1.54, 1.807) is 19.0 Å². The summed E-state index contributed by atoms with van der Waals surface area (Å²) in [4.78, 5) is 24.8. The Morgan fingerprint density at radius 3 is 2.46 bits per heavy atom. The number of amides is 1. The van der Waals surface area contributed by atoms with Gasteiger partial charge in [-0.25, -0.2) is 0 Å². The highest BCUT2D eigenvalue weighted by Crippen LogP contribution is 2.50. The molecule has 0 radical (unpaired) electrons. The number of rotatable bonds is 7. The molecule has 8 heteroatoms. The second-order valence-corrected chi connectivity index (χ2v) is 7.39. The summed E-state index contributed by atoms with van der Waals surface area (Å²) < 4.78 is 10.1. The van der Waals surface area contributed by atoms with Crippen LogP contribution in [0.3, 0.4) is 0 Å². The van der Waals surface area contributed by atoms with E-state index in [1.807, 2.05) is 29.3 Å². The molecule has 2 fully saturated rings. The lowest BCUT2D eigenvalue weighted by atomic mass is 9.94. The number of ether oxygens (including phenoxy) is 2. The average Bonchev–Trinajstić information content (AvgIpc) is 3.37. The molecule has 1 aliphatic heterocycles. The third kappa shape index (κ3) is 4.22. The van der Waals surface area contributed by atoms with Crippen molar-refractivity contribution in [3.63, 3.8) is 0 Å². The number of hydrazine groups is 1. The molecule has 28 heavy (non-hydrogen) atoms. The predicted octanol–water partition coefficient (Wildman–Crippen LogP) is 2.00. The van der Waals surface area contributed by atoms with Gasteiger partial charge in [-0.2, -0.15) is 0 Å². The summed E-state index contributed by atoms with van der Waals surface area (Å²) in [6.45, 7) is 3.87. The van der Waals surface area contributed by atoms with Gasteiger partial charge in [0, 0.05) is 19.6 Å². The maximum Gasteiger partial charge on any atom is 0.307 e. The van der Waals surface area contributed by atoms with Gasteiger partial charge in [0.25, 0.3) is 5.91 Å². The quantitative estimate of drug-likeness (QED) is 0.550. The topological polar surface area (TPSA) is 71.1 Å². The van der Waals surface area contributed by atoms with Crippen molar-refractivity contribution in [1.82, 2.24) is 15.3 Å². The van der Waals surface area contributed by atoms with Crippen molar-refractivity contribution in [3.8, 4) is 5.75 Å². The highest BCUT2D eigenvalue weighted by Gasteiger charge is 2.54. The van der Waals surface area contributed by atoms with Crippen LogP contribution in [0.4, 0.5) is 0 Å². The van der Waals surface area contributed by atoms with Crippen LogP contribution in [-0.4, -0.2) is 60.4 Å². The average molecular weight is 406 g/mol. The van der Waals surface area contributed by atoms with E-state index in [0.717, 1.165) is 30.6 Å². The first-order valence-electron chi connectivity index (χ1n) is 9.69. The molecular formula is C20H27N3O4S. The van der Waals surface area contributed by atoms with Crippen molar-refractivity contribution in [2.75, 3.05) is 33.4 Å². The molecule has 1 aliphatic carbocycles. The predicted molar refractivity (Wildman–Crippen MR) is 109 cm³/mol. The first-order valence-corrected chi connectivity index (χ1v) is 10.1. The van der Waals surface area contributed by atoms with Crippen molar-refractivity contribution in [2.24, 2.45) is 0 Å². The van der Waals surface area contributed by atoms with Gasteiger partial charge in [0.1, 0.15) is 5.75 Å². The lowest BCUT2D eigenvalue weighted by Gasteiger charge is -2.33. The fourth-order valence-corrected chi connectivity index (χ4v) is 3.83. The van der Waals surface area contributed by atoms with Gasteiger partial charge in [-0.05, 0) is 56.1 Å². The lowest BCUT2D eigenvalue weighted by molar-refractivity contribution is -0.143. The highest BCUT2D eigenvalue weighted by molar-refractivity contribution is 7.80. The zero-order valence-electron chi connectivity index (χ0n) is 16.4. The summed E-state index contributed by atoms with van der Waals surface area (Å²) in [5.74, 6) is 0.607. The largest absolute Gasteiger partial charge is 0.497 e. The number of thiocarbonyl (C=S) groups is 1. The second kappa shape index (κ2) is 8.77. The zero-order valence-corrected chi connectivity index (χ0v) is 17.2. The fraction of sp³-hybridized carbons (Fsp3) is 0.550. The van der Waals surface area contributed by atoms with Crippen LogP contribution in [0.15, 0.2) is 24.3 Å². The second-order valence-electron chi connectivity index (χ2n) is 7.00. The molecule has 1 saturated carbocycles. The summed E-state index contributed by atoms with van der Waals surface area (Å²) in [5.41, 5.74) is 0.557. The van der Waals surface area contributed by atoms with E-state index >= 15 is 0 Å². The molecule has 1 amide bonds. The van der Waals surface area contributed by atoms with Gasteiger partial charge in [-0.3, -0.25) is 19.6 Å². The minimum absolute atomic E-state index is 0.0877. The normalized spacial score (nSPS) is 17.2. The van der Waals surface area contributed by atoms with Crippen LogP contribution < -0.4 is 10.1 Å². The van der Waals surface area contributed by atoms with Gasteiger partial charge < -0.3 is 14.8 Å². The summed E-state index contributed by atoms with van der Waals surface area (Å²) in [7, 11) is 1.63. The van der Waals surface area contributed by atoms with Crippen molar-refractivity contribution in [2.45, 2.75) is 38.0 Å². The Bertz CT molecular complexity index is 733. The smallest absolute Gasteiger partial charge is 0.307 e. The van der Waals surface area contributed by atoms with Crippen LogP contribution in [0.1, 0.15) is 38.2 Å². The molecule has 1 aromatic rings. The molecule has 152 valence electrons. The Morgan fingerprint density at radius 1 is 1.18 bits per heavy atom. The monoisotopic (exact) mass is 405 g/mol. The summed E-state index contributed by atoms with van der Waals surface area (Å²) in [6.07, 6.45) is 2.78. The Balaban J connectivity index is 1.62. The molecule has 1 heterocycles. The number of hydrogen-bond acceptors (Lipinski definition) is 5. The minimum Gasteiger partial charge on any atom is -0.497 e. The molecular weight excluding hydrogens is 378 g/mol. The molecule has 3 rings (SSSR count). The van der Waals surface area contributed by atoms with E-state index in [-0.39, 0.29) is 18.3 Å². The molecule has 1 N–H and O–H groups in total. The number of benzene rings is 1. The standard InChI is InChI=1S/C20H27N3O4S/c1-3-27-17(24)9-12-21-19(28)23-14-4-13-22(23)18(25)20(10-11-20)15-5-7-16(26-2)8-6-15/h5-8H,3-4,9-14H2,1-2H3,(H,21,28). The third-order valence-corrected chi connectivity index (χ3v) is 5.57. The minimum atomic E-state index is -0.463. The van der Waals surface area contributed by atoms with Crippen molar-refractivity contribution in [1.29, 1.82) is 0 Å². The van der Waals surface area contributed by atoms with Crippen LogP contribution in [0.5, 0.6) is 5.75 Å². The Morgan fingerprint density at radius 2 is 1.86 bits per heavy atom. The first-order chi connectivity index (χ1) is 13.5. The van der Waals surface area contributed by atoms with Crippen molar-refractivity contribution in [3.05, 3.63) is 29.8 Å². The number of esters is 1.